The van der Waals surface area contributed by atoms with Gasteiger partial charge in [0.2, 0.25) is 5.91 Å². The van der Waals surface area contributed by atoms with E-state index >= 15 is 0 Å². The van der Waals surface area contributed by atoms with Crippen LogP contribution in [0.4, 0.5) is 0 Å². The number of nitrogens with zero attached hydrogens (tertiary/aromatic N) is 1. The number of phenols is 1. The van der Waals surface area contributed by atoms with E-state index in [1.807, 2.05) is 11.9 Å². The van der Waals surface area contributed by atoms with Gasteiger partial charge >= 0.3 is 0 Å². The van der Waals surface area contributed by atoms with Crippen LogP contribution in [0.3, 0.4) is 0 Å². The summed E-state index contributed by atoms with van der Waals surface area (Å²) in [6.07, 6.45) is 11.0. The summed E-state index contributed by atoms with van der Waals surface area (Å²) < 4.78 is 6.66. The second-order valence-electron chi connectivity index (χ2n) is 12.3. The highest BCUT2D eigenvalue weighted by molar-refractivity contribution is 5.79. The lowest BCUT2D eigenvalue weighted by molar-refractivity contribution is -0.944. The molecule has 1 spiro atoms. The summed E-state index contributed by atoms with van der Waals surface area (Å²) in [6.45, 7) is 2.20. The summed E-state index contributed by atoms with van der Waals surface area (Å²) in [4.78, 5) is 17.1. The number of phenolic OH excluding ortho intramolecular Hbond substituents is 1. The zero-order valence-corrected chi connectivity index (χ0v) is 20.4. The van der Waals surface area contributed by atoms with Crippen molar-refractivity contribution in [3.63, 3.8) is 0 Å². The Balaban J connectivity index is 1.29. The van der Waals surface area contributed by atoms with Gasteiger partial charge in [-0.15, -0.1) is 0 Å². The number of quaternary nitrogens is 1. The Kier molecular flexibility index (Phi) is 4.65. The summed E-state index contributed by atoms with van der Waals surface area (Å²) >= 11 is 0. The minimum absolute atomic E-state index is 0.0712. The van der Waals surface area contributed by atoms with Crippen LogP contribution in [0.2, 0.25) is 0 Å². The number of rotatable bonds is 4. The molecule has 6 aliphatic rings. The lowest BCUT2D eigenvalue weighted by Gasteiger charge is -2.62. The fraction of sp³-hybridized carbons (Fsp3) is 0.750. The molecule has 2 aliphatic heterocycles. The van der Waals surface area contributed by atoms with Crippen molar-refractivity contribution in [2.75, 3.05) is 20.1 Å². The maximum atomic E-state index is 13.6. The average Bonchev–Trinajstić information content (AvgIpc) is 3.59. The van der Waals surface area contributed by atoms with Crippen molar-refractivity contribution in [1.82, 2.24) is 4.90 Å². The molecule has 0 radical (unpaired) electrons. The minimum atomic E-state index is -0.850. The number of likely N-dealkylation sites (tertiary alicyclic amines) is 1. The van der Waals surface area contributed by atoms with Crippen LogP contribution in [-0.2, 0) is 16.6 Å². The number of benzene rings is 1. The van der Waals surface area contributed by atoms with Gasteiger partial charge in [0.05, 0.1) is 24.5 Å². The van der Waals surface area contributed by atoms with Crippen LogP contribution in [0.25, 0.3) is 0 Å². The van der Waals surface area contributed by atoms with E-state index in [0.717, 1.165) is 63.0 Å². The lowest BCUT2D eigenvalue weighted by atomic mass is 9.48. The first-order valence-electron chi connectivity index (χ1n) is 13.8. The fourth-order valence-electron chi connectivity index (χ4n) is 8.88. The summed E-state index contributed by atoms with van der Waals surface area (Å²) in [6, 6.07) is 3.93. The van der Waals surface area contributed by atoms with E-state index in [1.165, 1.54) is 31.4 Å². The molecule has 1 aromatic carbocycles. The second-order valence-corrected chi connectivity index (χ2v) is 12.3. The second kappa shape index (κ2) is 7.36. The predicted octanol–water partition coefficient (Wildman–Crippen LogP) is 1.95. The van der Waals surface area contributed by atoms with Crippen LogP contribution in [0.1, 0.15) is 75.3 Å². The summed E-state index contributed by atoms with van der Waals surface area (Å²) in [5, 5.41) is 23.4. The molecule has 6 heteroatoms. The Morgan fingerprint density at radius 2 is 1.94 bits per heavy atom. The molecule has 0 aromatic heterocycles. The van der Waals surface area contributed by atoms with Gasteiger partial charge in [0.15, 0.2) is 11.5 Å². The number of nitrogens with one attached hydrogen (secondary N) is 1. The van der Waals surface area contributed by atoms with Crippen molar-refractivity contribution in [3.8, 4) is 11.5 Å². The van der Waals surface area contributed by atoms with E-state index in [0.29, 0.717) is 12.2 Å². The van der Waals surface area contributed by atoms with E-state index in [4.69, 9.17) is 4.74 Å². The Labute approximate surface area is 202 Å². The zero-order chi connectivity index (χ0) is 23.2. The Bertz CT molecular complexity index is 1020. The molecule has 3 saturated carbocycles. The molecule has 6 nitrogen and oxygen atoms in total. The molecule has 1 aromatic rings. The van der Waals surface area contributed by atoms with Crippen LogP contribution in [0, 0.1) is 11.8 Å². The molecular formula is C28H39N2O4+. The Hall–Kier alpha value is -1.79. The van der Waals surface area contributed by atoms with Gasteiger partial charge in [-0.05, 0) is 50.2 Å². The van der Waals surface area contributed by atoms with Crippen molar-refractivity contribution in [1.29, 1.82) is 0 Å². The highest BCUT2D eigenvalue weighted by Gasteiger charge is 2.75. The Morgan fingerprint density at radius 1 is 1.15 bits per heavy atom. The number of carbonyl (C=O) groups is 1. The van der Waals surface area contributed by atoms with Gasteiger partial charge in [-0.1, -0.05) is 25.3 Å². The standard InChI is InChI=1S/C28H38N2O4/c1-29(26(32)18-5-3-2-4-6-18)20-11-12-28(33)22-15-19-9-10-21(31)24-23(19)27(28,25(20)34-24)13-14-30(22)16-17-7-8-17/h9-10,17-18,20,22,25,31,33H,2-8,11-16H2,1H3/p+1/t20?,22-,25+,27+,28-/m1/s1. The van der Waals surface area contributed by atoms with Crippen LogP contribution < -0.4 is 9.64 Å². The van der Waals surface area contributed by atoms with Gasteiger partial charge < -0.3 is 24.7 Å². The zero-order valence-electron chi connectivity index (χ0n) is 20.4. The molecule has 184 valence electrons. The quantitative estimate of drug-likeness (QED) is 0.633. The van der Waals surface area contributed by atoms with Crippen LogP contribution in [0.5, 0.6) is 11.5 Å². The van der Waals surface area contributed by atoms with E-state index in [2.05, 4.69) is 6.07 Å². The highest BCUT2D eigenvalue weighted by atomic mass is 16.5. The van der Waals surface area contributed by atoms with Crippen molar-refractivity contribution in [2.24, 2.45) is 11.8 Å². The minimum Gasteiger partial charge on any atom is -0.504 e. The third-order valence-electron chi connectivity index (χ3n) is 10.7. The summed E-state index contributed by atoms with van der Waals surface area (Å²) in [7, 11) is 1.96. The summed E-state index contributed by atoms with van der Waals surface area (Å²) in [5.41, 5.74) is 0.915. The van der Waals surface area contributed by atoms with Gasteiger partial charge in [-0.3, -0.25) is 4.79 Å². The van der Waals surface area contributed by atoms with Crippen molar-refractivity contribution >= 4 is 5.91 Å². The third-order valence-corrected chi connectivity index (χ3v) is 10.7. The molecule has 6 atom stereocenters. The molecule has 2 unspecified atom stereocenters. The number of piperidine rings is 1. The SMILES string of the molecule is CN(C(=O)C1CCCCC1)C1CC[C@@]2(O)[C@H]3Cc4ccc(O)c5c4[C@@]2(CC[NH+]3CC2CC2)[C@H]1O5. The topological polar surface area (TPSA) is 74.4 Å². The number of carbonyl (C=O) groups excluding carboxylic acids is 1. The molecule has 1 saturated heterocycles. The lowest BCUT2D eigenvalue weighted by Crippen LogP contribution is -3.21. The highest BCUT2D eigenvalue weighted by Crippen LogP contribution is 2.64. The molecule has 2 heterocycles. The molecular weight excluding hydrogens is 428 g/mol. The normalized spacial score (nSPS) is 40.4. The molecule has 3 N–H and O–H groups in total. The number of likely N-dealkylation sites (N-methyl/N-ethyl adjacent to an activating group) is 1. The predicted molar refractivity (Wildman–Crippen MR) is 127 cm³/mol. The van der Waals surface area contributed by atoms with E-state index in [-0.39, 0.29) is 35.8 Å². The first-order valence-corrected chi connectivity index (χ1v) is 13.8. The van der Waals surface area contributed by atoms with Crippen LogP contribution >= 0.6 is 0 Å². The number of hydrogen-bond donors (Lipinski definition) is 3. The number of aliphatic hydroxyl groups is 1. The third kappa shape index (κ3) is 2.73. The maximum absolute atomic E-state index is 13.6. The maximum Gasteiger partial charge on any atom is 0.225 e. The monoisotopic (exact) mass is 467 g/mol. The molecule has 4 fully saturated rings. The largest absolute Gasteiger partial charge is 0.504 e. The number of amides is 1. The Morgan fingerprint density at radius 3 is 2.71 bits per heavy atom. The van der Waals surface area contributed by atoms with Gasteiger partial charge in [0.1, 0.15) is 17.7 Å². The van der Waals surface area contributed by atoms with E-state index in [1.54, 1.807) is 11.0 Å². The number of hydrogen-bond acceptors (Lipinski definition) is 4. The van der Waals surface area contributed by atoms with Crippen LogP contribution in [0.15, 0.2) is 12.1 Å². The molecule has 1 amide bonds. The fourth-order valence-corrected chi connectivity index (χ4v) is 8.88. The molecule has 4 aliphatic carbocycles. The van der Waals surface area contributed by atoms with E-state index < -0.39 is 11.0 Å². The first-order chi connectivity index (χ1) is 16.4. The van der Waals surface area contributed by atoms with Crippen LogP contribution in [-0.4, -0.2) is 64.9 Å². The van der Waals surface area contributed by atoms with Crippen molar-refractivity contribution in [2.45, 2.75) is 99.8 Å². The average molecular weight is 468 g/mol. The molecule has 34 heavy (non-hydrogen) atoms. The van der Waals surface area contributed by atoms with Crippen molar-refractivity contribution in [3.05, 3.63) is 23.3 Å². The number of ether oxygens (including phenoxy) is 1. The van der Waals surface area contributed by atoms with Crippen molar-refractivity contribution < 1.29 is 24.6 Å². The molecule has 2 bridgehead atoms. The number of aromatic hydroxyl groups is 1. The van der Waals surface area contributed by atoms with Gasteiger partial charge in [-0.25, -0.2) is 0 Å². The van der Waals surface area contributed by atoms with Gasteiger partial charge in [0.25, 0.3) is 0 Å². The molecule has 7 rings (SSSR count). The van der Waals surface area contributed by atoms with Gasteiger partial charge in [-0.2, -0.15) is 0 Å². The van der Waals surface area contributed by atoms with Gasteiger partial charge in [0, 0.05) is 37.3 Å². The van der Waals surface area contributed by atoms with E-state index in [9.17, 15) is 15.0 Å². The first kappa shape index (κ1) is 21.5. The smallest absolute Gasteiger partial charge is 0.225 e. The summed E-state index contributed by atoms with van der Waals surface area (Å²) in [5.74, 6) is 1.94.